The number of ether oxygens (including phenoxy) is 2. The molecule has 0 saturated carbocycles. The molecule has 0 radical (unpaired) electrons. The van der Waals surface area contributed by atoms with Crippen molar-refractivity contribution in [3.63, 3.8) is 0 Å². The van der Waals surface area contributed by atoms with Gasteiger partial charge in [-0.15, -0.1) is 0 Å². The van der Waals surface area contributed by atoms with Gasteiger partial charge >= 0.3 is 5.69 Å². The number of hydrogen-bond donors (Lipinski definition) is 1. The third-order valence-electron chi connectivity index (χ3n) is 4.79. The molecule has 0 bridgehead atoms. The topological polar surface area (TPSA) is 131 Å². The predicted molar refractivity (Wildman–Crippen MR) is 100 cm³/mol. The summed E-state index contributed by atoms with van der Waals surface area (Å²) in [4.78, 5) is 27.9. The Morgan fingerprint density at radius 3 is 2.61 bits per heavy atom. The summed E-state index contributed by atoms with van der Waals surface area (Å²) in [6.07, 6.45) is -0.989. The van der Waals surface area contributed by atoms with Gasteiger partial charge in [-0.3, -0.25) is 13.9 Å². The van der Waals surface area contributed by atoms with Crippen LogP contribution < -0.4 is 16.0 Å². The van der Waals surface area contributed by atoms with Crippen LogP contribution >= 0.6 is 0 Å². The van der Waals surface area contributed by atoms with Gasteiger partial charge in [0.2, 0.25) is 0 Å². The van der Waals surface area contributed by atoms with Crippen LogP contribution in [0.25, 0.3) is 10.4 Å². The van der Waals surface area contributed by atoms with Crippen LogP contribution in [0.15, 0.2) is 51.2 Å². The van der Waals surface area contributed by atoms with Crippen molar-refractivity contribution in [2.45, 2.75) is 44.4 Å². The monoisotopic (exact) mass is 387 g/mol. The molecule has 3 rings (SSSR count). The van der Waals surface area contributed by atoms with E-state index in [2.05, 4.69) is 10.0 Å². The van der Waals surface area contributed by atoms with E-state index in [4.69, 9.17) is 15.0 Å². The van der Waals surface area contributed by atoms with Crippen LogP contribution in [0.1, 0.15) is 25.1 Å². The Balaban J connectivity index is 1.95. The zero-order chi connectivity index (χ0) is 20.3. The Morgan fingerprint density at radius 1 is 1.29 bits per heavy atom. The van der Waals surface area contributed by atoms with E-state index < -0.39 is 35.7 Å². The number of methoxy groups -OCH3 is 1. The zero-order valence-electron chi connectivity index (χ0n) is 15.5. The maximum atomic E-state index is 12.9. The molecule has 1 aromatic heterocycles. The fourth-order valence-electron chi connectivity index (χ4n) is 3.28. The van der Waals surface area contributed by atoms with Gasteiger partial charge in [-0.2, -0.15) is 0 Å². The van der Waals surface area contributed by atoms with Crippen molar-refractivity contribution in [1.82, 2.24) is 9.13 Å². The Morgan fingerprint density at radius 2 is 2.00 bits per heavy atom. The van der Waals surface area contributed by atoms with Crippen LogP contribution in [0.5, 0.6) is 5.75 Å². The lowest BCUT2D eigenvalue weighted by molar-refractivity contribution is -0.0411. The molecule has 1 fully saturated rings. The number of azide groups is 1. The average Bonchev–Trinajstić information content (AvgIpc) is 3.02. The molecule has 1 aliphatic heterocycles. The van der Waals surface area contributed by atoms with Gasteiger partial charge in [0, 0.05) is 17.2 Å². The second-order valence-corrected chi connectivity index (χ2v) is 6.44. The van der Waals surface area contributed by atoms with Crippen molar-refractivity contribution in [2.75, 3.05) is 7.11 Å². The van der Waals surface area contributed by atoms with Crippen molar-refractivity contribution in [2.24, 2.45) is 5.11 Å². The van der Waals surface area contributed by atoms with Crippen LogP contribution in [0.3, 0.4) is 0 Å². The summed E-state index contributed by atoms with van der Waals surface area (Å²) in [5.41, 5.74) is 8.37. The first-order valence-corrected chi connectivity index (χ1v) is 8.82. The van der Waals surface area contributed by atoms with E-state index >= 15 is 0 Å². The minimum atomic E-state index is -1.20. The van der Waals surface area contributed by atoms with Gasteiger partial charge in [-0.25, -0.2) is 4.79 Å². The van der Waals surface area contributed by atoms with Gasteiger partial charge in [0.15, 0.2) is 6.23 Å². The molecular formula is C18H21N5O5. The summed E-state index contributed by atoms with van der Waals surface area (Å²) < 4.78 is 13.1. The van der Waals surface area contributed by atoms with Gasteiger partial charge in [-0.05, 0) is 29.6 Å². The standard InChI is InChI=1S/C18H21N5O5/c1-3-13-15(20-21-19)16(25)17(28-13)22-9-8-14(24)23(18(22)26)10-11-4-6-12(27-2)7-5-11/h4-9,13,15-17,25H,3,10H2,1-2H3/t13-,15-,16-,17-/m1/s1. The highest BCUT2D eigenvalue weighted by atomic mass is 16.5. The minimum absolute atomic E-state index is 0.0578. The van der Waals surface area contributed by atoms with Crippen LogP contribution in [0, 0.1) is 0 Å². The quantitative estimate of drug-likeness (QED) is 0.455. The largest absolute Gasteiger partial charge is 0.497 e. The van der Waals surface area contributed by atoms with E-state index in [1.807, 2.05) is 6.92 Å². The Bertz CT molecular complexity index is 993. The minimum Gasteiger partial charge on any atom is -0.497 e. The zero-order valence-corrected chi connectivity index (χ0v) is 15.5. The Hall–Kier alpha value is -3.07. The van der Waals surface area contributed by atoms with E-state index in [1.165, 1.54) is 12.3 Å². The second kappa shape index (κ2) is 8.30. The molecule has 1 aromatic carbocycles. The van der Waals surface area contributed by atoms with Crippen LogP contribution in [-0.4, -0.2) is 39.6 Å². The average molecular weight is 387 g/mol. The van der Waals surface area contributed by atoms with Crippen molar-refractivity contribution in [3.8, 4) is 5.75 Å². The maximum absolute atomic E-state index is 12.9. The summed E-state index contributed by atoms with van der Waals surface area (Å²) in [5, 5.41) is 14.1. The van der Waals surface area contributed by atoms with Crippen molar-refractivity contribution in [3.05, 3.63) is 73.4 Å². The van der Waals surface area contributed by atoms with E-state index in [-0.39, 0.29) is 6.54 Å². The second-order valence-electron chi connectivity index (χ2n) is 6.44. The van der Waals surface area contributed by atoms with E-state index in [9.17, 15) is 14.7 Å². The highest BCUT2D eigenvalue weighted by Crippen LogP contribution is 2.32. The fraction of sp³-hybridized carbons (Fsp3) is 0.444. The number of nitrogens with zero attached hydrogens (tertiary/aromatic N) is 5. The molecule has 0 amide bonds. The lowest BCUT2D eigenvalue weighted by Gasteiger charge is -2.19. The van der Waals surface area contributed by atoms with Crippen LogP contribution in [0.2, 0.25) is 0 Å². The molecule has 1 saturated heterocycles. The fourth-order valence-corrected chi connectivity index (χ4v) is 3.28. The Kier molecular flexibility index (Phi) is 5.84. The van der Waals surface area contributed by atoms with Gasteiger partial charge in [-0.1, -0.05) is 24.2 Å². The van der Waals surface area contributed by atoms with Crippen molar-refractivity contribution < 1.29 is 14.6 Å². The van der Waals surface area contributed by atoms with Crippen LogP contribution in [-0.2, 0) is 11.3 Å². The van der Waals surface area contributed by atoms with Crippen molar-refractivity contribution in [1.29, 1.82) is 0 Å². The summed E-state index contributed by atoms with van der Waals surface area (Å²) in [5.74, 6) is 0.666. The van der Waals surface area contributed by atoms with Gasteiger partial charge < -0.3 is 14.6 Å². The lowest BCUT2D eigenvalue weighted by Crippen LogP contribution is -2.43. The highest BCUT2D eigenvalue weighted by molar-refractivity contribution is 5.27. The summed E-state index contributed by atoms with van der Waals surface area (Å²) in [7, 11) is 1.55. The third kappa shape index (κ3) is 3.65. The molecule has 0 unspecified atom stereocenters. The first-order valence-electron chi connectivity index (χ1n) is 8.82. The Labute approximate surface area is 160 Å². The number of aromatic nitrogens is 2. The first-order chi connectivity index (χ1) is 13.5. The smallest absolute Gasteiger partial charge is 0.333 e. The molecule has 10 heteroatoms. The summed E-state index contributed by atoms with van der Waals surface area (Å²) in [6.45, 7) is 1.88. The predicted octanol–water partition coefficient (Wildman–Crippen LogP) is 1.41. The first kappa shape index (κ1) is 19.7. The summed E-state index contributed by atoms with van der Waals surface area (Å²) >= 11 is 0. The number of aliphatic hydroxyl groups excluding tert-OH is 1. The van der Waals surface area contributed by atoms with Gasteiger partial charge in [0.05, 0.1) is 25.8 Å². The van der Waals surface area contributed by atoms with Gasteiger partial charge in [0.1, 0.15) is 11.9 Å². The van der Waals surface area contributed by atoms with E-state index in [0.717, 1.165) is 14.7 Å². The van der Waals surface area contributed by atoms with E-state index in [1.54, 1.807) is 31.4 Å². The molecule has 1 aliphatic rings. The molecule has 0 spiro atoms. The highest BCUT2D eigenvalue weighted by Gasteiger charge is 2.43. The molecule has 28 heavy (non-hydrogen) atoms. The molecule has 0 aliphatic carbocycles. The number of benzene rings is 1. The van der Waals surface area contributed by atoms with Crippen LogP contribution in [0.4, 0.5) is 0 Å². The maximum Gasteiger partial charge on any atom is 0.333 e. The molecule has 10 nitrogen and oxygen atoms in total. The lowest BCUT2D eigenvalue weighted by atomic mass is 10.1. The SMILES string of the molecule is CC[C@H]1O[C@@H](n2ccc(=O)n(Cc3ccc(OC)cc3)c2=O)[C@H](O)[C@@H]1N=[N+]=[N-]. The van der Waals surface area contributed by atoms with Gasteiger partial charge in [0.25, 0.3) is 5.56 Å². The molecular weight excluding hydrogens is 366 g/mol. The molecule has 148 valence electrons. The number of aliphatic hydroxyl groups is 1. The molecule has 2 heterocycles. The molecule has 2 aromatic rings. The summed E-state index contributed by atoms with van der Waals surface area (Å²) in [6, 6.07) is 7.42. The number of rotatable bonds is 6. The molecule has 4 atom stereocenters. The third-order valence-corrected chi connectivity index (χ3v) is 4.79. The number of hydrogen-bond acceptors (Lipinski definition) is 6. The van der Waals surface area contributed by atoms with E-state index in [0.29, 0.717) is 12.2 Å². The molecule has 1 N–H and O–H groups in total. The normalized spacial score (nSPS) is 24.0. The van der Waals surface area contributed by atoms with Crippen molar-refractivity contribution >= 4 is 0 Å².